The predicted molar refractivity (Wildman–Crippen MR) is 94.3 cm³/mol. The van der Waals surface area contributed by atoms with Crippen LogP contribution in [0.2, 0.25) is 0 Å². The minimum Gasteiger partial charge on any atom is -0.355 e. The zero-order valence-electron chi connectivity index (χ0n) is 15.3. The van der Waals surface area contributed by atoms with Crippen LogP contribution in [0.25, 0.3) is 0 Å². The van der Waals surface area contributed by atoms with Crippen LogP contribution in [0.3, 0.4) is 0 Å². The number of aromatic nitrogens is 2. The summed E-state index contributed by atoms with van der Waals surface area (Å²) >= 11 is 0. The summed E-state index contributed by atoms with van der Waals surface area (Å²) in [6, 6.07) is 4.28. The zero-order chi connectivity index (χ0) is 16.3. The van der Waals surface area contributed by atoms with Crippen molar-refractivity contribution in [2.24, 2.45) is 17.8 Å². The van der Waals surface area contributed by atoms with E-state index in [0.29, 0.717) is 0 Å². The Kier molecular flexibility index (Phi) is 5.46. The third kappa shape index (κ3) is 3.99. The predicted octanol–water partition coefficient (Wildman–Crippen LogP) is 4.67. The van der Waals surface area contributed by atoms with Crippen molar-refractivity contribution in [1.29, 1.82) is 0 Å². The first-order valence-corrected chi connectivity index (χ1v) is 8.92. The summed E-state index contributed by atoms with van der Waals surface area (Å²) in [6.45, 7) is 15.9. The van der Waals surface area contributed by atoms with Crippen LogP contribution in [0.5, 0.6) is 0 Å². The lowest BCUT2D eigenvalue weighted by atomic mass is 9.76. The first kappa shape index (κ1) is 17.2. The lowest BCUT2D eigenvalue weighted by Crippen LogP contribution is -2.37. The van der Waals surface area contributed by atoms with Crippen LogP contribution in [-0.2, 0) is 5.41 Å². The molecule has 1 aromatic heterocycles. The number of nitrogens with zero attached hydrogens (tertiary/aromatic N) is 3. The highest BCUT2D eigenvalue weighted by Gasteiger charge is 2.28. The Morgan fingerprint density at radius 3 is 2.18 bits per heavy atom. The van der Waals surface area contributed by atoms with E-state index in [1.807, 2.05) is 0 Å². The van der Waals surface area contributed by atoms with Gasteiger partial charge in [-0.15, -0.1) is 5.10 Å². The van der Waals surface area contributed by atoms with Crippen LogP contribution in [-0.4, -0.2) is 23.3 Å². The quantitative estimate of drug-likeness (QED) is 0.809. The van der Waals surface area contributed by atoms with Gasteiger partial charge in [-0.1, -0.05) is 48.0 Å². The van der Waals surface area contributed by atoms with Gasteiger partial charge in [0, 0.05) is 18.5 Å². The normalized spacial score (nSPS) is 18.8. The second kappa shape index (κ2) is 6.97. The molecule has 124 valence electrons. The standard InChI is InChI=1S/C19H33N3/c1-7-16(14(2)3)15-10-12-22(13-11-15)18-9-8-17(20-21-18)19(4,5)6/h8-9,14-16H,7,10-13H2,1-6H3. The van der Waals surface area contributed by atoms with Crippen molar-refractivity contribution in [1.82, 2.24) is 10.2 Å². The third-order valence-electron chi connectivity index (χ3n) is 5.22. The Balaban J connectivity index is 1.97. The molecule has 1 aliphatic rings. The van der Waals surface area contributed by atoms with E-state index in [1.54, 1.807) is 0 Å². The van der Waals surface area contributed by atoms with E-state index in [1.165, 1.54) is 19.3 Å². The maximum atomic E-state index is 4.47. The van der Waals surface area contributed by atoms with Crippen LogP contribution >= 0.6 is 0 Å². The van der Waals surface area contributed by atoms with E-state index in [-0.39, 0.29) is 5.41 Å². The van der Waals surface area contributed by atoms with E-state index >= 15 is 0 Å². The lowest BCUT2D eigenvalue weighted by Gasteiger charge is -2.37. The van der Waals surface area contributed by atoms with Gasteiger partial charge in [-0.25, -0.2) is 0 Å². The smallest absolute Gasteiger partial charge is 0.151 e. The van der Waals surface area contributed by atoms with Gasteiger partial charge in [-0.05, 0) is 42.7 Å². The summed E-state index contributed by atoms with van der Waals surface area (Å²) in [5.74, 6) is 3.59. The van der Waals surface area contributed by atoms with Crippen molar-refractivity contribution in [3.05, 3.63) is 17.8 Å². The minimum atomic E-state index is 0.0735. The summed E-state index contributed by atoms with van der Waals surface area (Å²) in [5.41, 5.74) is 1.14. The molecule has 22 heavy (non-hydrogen) atoms. The first-order chi connectivity index (χ1) is 10.3. The molecular formula is C19H33N3. The van der Waals surface area contributed by atoms with Crippen molar-refractivity contribution in [3.63, 3.8) is 0 Å². The first-order valence-electron chi connectivity index (χ1n) is 8.92. The topological polar surface area (TPSA) is 29.0 Å². The molecule has 0 amide bonds. The fourth-order valence-corrected chi connectivity index (χ4v) is 3.80. The molecule has 0 aromatic carbocycles. The van der Waals surface area contributed by atoms with Crippen LogP contribution in [0.1, 0.15) is 66.5 Å². The summed E-state index contributed by atoms with van der Waals surface area (Å²) in [7, 11) is 0. The summed E-state index contributed by atoms with van der Waals surface area (Å²) in [6.07, 6.45) is 3.89. The number of anilines is 1. The second-order valence-electron chi connectivity index (χ2n) is 8.17. The molecular weight excluding hydrogens is 270 g/mol. The Labute approximate surface area is 136 Å². The lowest BCUT2D eigenvalue weighted by molar-refractivity contribution is 0.208. The van der Waals surface area contributed by atoms with Gasteiger partial charge >= 0.3 is 0 Å². The largest absolute Gasteiger partial charge is 0.355 e. The fraction of sp³-hybridized carbons (Fsp3) is 0.789. The van der Waals surface area contributed by atoms with E-state index in [0.717, 1.165) is 42.4 Å². The third-order valence-corrected chi connectivity index (χ3v) is 5.22. The highest BCUT2D eigenvalue weighted by atomic mass is 15.3. The van der Waals surface area contributed by atoms with E-state index in [4.69, 9.17) is 0 Å². The van der Waals surface area contributed by atoms with Gasteiger partial charge in [0.25, 0.3) is 0 Å². The second-order valence-corrected chi connectivity index (χ2v) is 8.17. The van der Waals surface area contributed by atoms with Gasteiger partial charge in [0.1, 0.15) is 0 Å². The van der Waals surface area contributed by atoms with Gasteiger partial charge < -0.3 is 4.90 Å². The molecule has 1 saturated heterocycles. The Morgan fingerprint density at radius 1 is 1.14 bits per heavy atom. The molecule has 0 saturated carbocycles. The molecule has 3 heteroatoms. The number of piperidine rings is 1. The molecule has 2 heterocycles. The maximum absolute atomic E-state index is 4.47. The maximum Gasteiger partial charge on any atom is 0.151 e. The Morgan fingerprint density at radius 2 is 1.77 bits per heavy atom. The fourth-order valence-electron chi connectivity index (χ4n) is 3.80. The average molecular weight is 303 g/mol. The number of hydrogen-bond donors (Lipinski definition) is 0. The molecule has 1 atom stereocenters. The molecule has 1 fully saturated rings. The molecule has 1 aliphatic heterocycles. The van der Waals surface area contributed by atoms with Crippen LogP contribution in [0, 0.1) is 17.8 Å². The summed E-state index contributed by atoms with van der Waals surface area (Å²) < 4.78 is 0. The monoisotopic (exact) mass is 303 g/mol. The minimum absolute atomic E-state index is 0.0735. The molecule has 0 radical (unpaired) electrons. The molecule has 3 nitrogen and oxygen atoms in total. The van der Waals surface area contributed by atoms with Crippen LogP contribution < -0.4 is 4.90 Å². The SMILES string of the molecule is CCC(C(C)C)C1CCN(c2ccc(C(C)(C)C)nn2)CC1. The van der Waals surface area contributed by atoms with Gasteiger partial charge in [0.05, 0.1) is 5.69 Å². The van der Waals surface area contributed by atoms with Crippen LogP contribution in [0.4, 0.5) is 5.82 Å². The van der Waals surface area contributed by atoms with Crippen LogP contribution in [0.15, 0.2) is 12.1 Å². The van der Waals surface area contributed by atoms with Crippen molar-refractivity contribution >= 4 is 5.82 Å². The highest BCUT2D eigenvalue weighted by molar-refractivity contribution is 5.38. The number of rotatable bonds is 4. The van der Waals surface area contributed by atoms with Gasteiger partial charge in [0.2, 0.25) is 0 Å². The Hall–Kier alpha value is -1.12. The van der Waals surface area contributed by atoms with Gasteiger partial charge in [-0.3, -0.25) is 0 Å². The van der Waals surface area contributed by atoms with Crippen molar-refractivity contribution in [2.75, 3.05) is 18.0 Å². The van der Waals surface area contributed by atoms with Crippen molar-refractivity contribution in [3.8, 4) is 0 Å². The molecule has 0 N–H and O–H groups in total. The summed E-state index contributed by atoms with van der Waals surface area (Å²) in [5, 5.41) is 8.90. The molecule has 1 unspecified atom stereocenters. The molecule has 0 aliphatic carbocycles. The molecule has 0 bridgehead atoms. The summed E-state index contributed by atoms with van der Waals surface area (Å²) in [4.78, 5) is 2.41. The van der Waals surface area contributed by atoms with Crippen molar-refractivity contribution in [2.45, 2.75) is 66.2 Å². The number of hydrogen-bond acceptors (Lipinski definition) is 3. The van der Waals surface area contributed by atoms with E-state index < -0.39 is 0 Å². The highest BCUT2D eigenvalue weighted by Crippen LogP contribution is 2.33. The van der Waals surface area contributed by atoms with E-state index in [2.05, 4.69) is 68.8 Å². The van der Waals surface area contributed by atoms with E-state index in [9.17, 15) is 0 Å². The van der Waals surface area contributed by atoms with Gasteiger partial charge in [-0.2, -0.15) is 5.10 Å². The average Bonchev–Trinajstić information content (AvgIpc) is 2.47. The zero-order valence-corrected chi connectivity index (χ0v) is 15.3. The Bertz CT molecular complexity index is 451. The molecule has 1 aromatic rings. The molecule has 0 spiro atoms. The van der Waals surface area contributed by atoms with Gasteiger partial charge in [0.15, 0.2) is 5.82 Å². The van der Waals surface area contributed by atoms with Crippen molar-refractivity contribution < 1.29 is 0 Å². The molecule has 2 rings (SSSR count).